The van der Waals surface area contributed by atoms with E-state index in [9.17, 15) is 18.0 Å². The maximum absolute atomic E-state index is 12.7. The average molecular weight is 368 g/mol. The van der Waals surface area contributed by atoms with Gasteiger partial charge in [-0.2, -0.15) is 13.2 Å². The number of rotatable bonds is 2. The minimum Gasteiger partial charge on any atom is -0.351 e. The summed E-state index contributed by atoms with van der Waals surface area (Å²) in [6.07, 6.45) is -5.38. The molecule has 0 aromatic carbocycles. The lowest BCUT2D eigenvalue weighted by atomic mass is 10.1. The van der Waals surface area contributed by atoms with Crippen LogP contribution in [0.2, 0.25) is 0 Å². The van der Waals surface area contributed by atoms with Crippen molar-refractivity contribution in [1.29, 1.82) is 0 Å². The number of halogens is 3. The molecule has 0 aromatic rings. The highest BCUT2D eigenvalue weighted by molar-refractivity contribution is 8.00. The lowest BCUT2D eigenvalue weighted by Gasteiger charge is -2.25. The molecule has 0 spiro atoms. The predicted molar refractivity (Wildman–Crippen MR) is 87.2 cm³/mol. The summed E-state index contributed by atoms with van der Waals surface area (Å²) in [6.45, 7) is 6.35. The Kier molecular flexibility index (Phi) is 6.00. The number of thioether (sulfide) groups is 1. The fourth-order valence-electron chi connectivity index (χ4n) is 2.22. The first-order chi connectivity index (χ1) is 11.0. The second-order valence-electron chi connectivity index (χ2n) is 6.68. The van der Waals surface area contributed by atoms with Crippen molar-refractivity contribution >= 4 is 23.6 Å². The molecule has 5 N–H and O–H groups in total. The number of hydrogen-bond donors (Lipinski definition) is 5. The minimum absolute atomic E-state index is 0.156. The van der Waals surface area contributed by atoms with E-state index in [0.717, 1.165) is 12.3 Å². The zero-order valence-corrected chi connectivity index (χ0v) is 14.6. The van der Waals surface area contributed by atoms with Crippen molar-refractivity contribution in [2.45, 2.75) is 56.5 Å². The number of alkyl halides is 3. The minimum atomic E-state index is -4.34. The number of carbonyl (C=O) groups is 1. The van der Waals surface area contributed by atoms with Gasteiger partial charge in [-0.1, -0.05) is 0 Å². The Hall–Kier alpha value is -1.04. The summed E-state index contributed by atoms with van der Waals surface area (Å²) >= 11 is 1.47. The van der Waals surface area contributed by atoms with E-state index >= 15 is 0 Å². The van der Waals surface area contributed by atoms with Crippen LogP contribution in [0.3, 0.4) is 0 Å². The molecule has 138 valence electrons. The third-order valence-corrected chi connectivity index (χ3v) is 4.41. The van der Waals surface area contributed by atoms with E-state index in [1.54, 1.807) is 0 Å². The quantitative estimate of drug-likeness (QED) is 0.355. The van der Waals surface area contributed by atoms with E-state index in [2.05, 4.69) is 31.8 Å². The van der Waals surface area contributed by atoms with E-state index < -0.39 is 23.9 Å². The number of carbonyl (C=O) groups excluding carboxylic acids is 1. The van der Waals surface area contributed by atoms with E-state index in [4.69, 9.17) is 0 Å². The van der Waals surface area contributed by atoms with Crippen molar-refractivity contribution in [1.82, 2.24) is 26.8 Å². The Morgan fingerprint density at radius 2 is 1.96 bits per heavy atom. The van der Waals surface area contributed by atoms with Crippen molar-refractivity contribution < 1.29 is 18.0 Å². The molecular formula is C13H23F3N6OS. The van der Waals surface area contributed by atoms with Gasteiger partial charge in [-0.05, 0) is 20.8 Å². The van der Waals surface area contributed by atoms with Gasteiger partial charge < -0.3 is 5.32 Å². The molecule has 2 fully saturated rings. The van der Waals surface area contributed by atoms with E-state index in [-0.39, 0.29) is 23.7 Å². The number of nitrogens with one attached hydrogen (secondary N) is 5. The molecule has 2 aliphatic heterocycles. The lowest BCUT2D eigenvalue weighted by Crippen LogP contribution is -2.53. The highest BCUT2D eigenvalue weighted by Crippen LogP contribution is 2.25. The molecule has 0 aliphatic carbocycles. The summed E-state index contributed by atoms with van der Waals surface area (Å²) in [5.74, 6) is 0.716. The van der Waals surface area contributed by atoms with Gasteiger partial charge in [-0.3, -0.25) is 15.4 Å². The molecule has 2 aliphatic rings. The number of amides is 1. The van der Waals surface area contributed by atoms with Crippen molar-refractivity contribution in [2.24, 2.45) is 4.99 Å². The Bertz CT molecular complexity index is 487. The van der Waals surface area contributed by atoms with Crippen LogP contribution in [0.5, 0.6) is 0 Å². The first-order valence-electron chi connectivity index (χ1n) is 7.64. The standard InChI is InChI=1S/C13H23F3N6OS/c1-12(2,3)20-11(19-9(23)10-17-4-5-24-10)18-8-6-7(21-22-8)13(14,15)16/h7-8,10,17,21-22H,4-6H2,1-3H3,(H2,18,19,20,23). The maximum atomic E-state index is 12.7. The smallest absolute Gasteiger partial charge is 0.351 e. The largest absolute Gasteiger partial charge is 0.405 e. The van der Waals surface area contributed by atoms with Crippen LogP contribution in [-0.4, -0.2) is 53.5 Å². The lowest BCUT2D eigenvalue weighted by molar-refractivity contribution is -0.153. The second kappa shape index (κ2) is 7.46. The fourth-order valence-corrected chi connectivity index (χ4v) is 3.14. The zero-order valence-electron chi connectivity index (χ0n) is 13.8. The summed E-state index contributed by atoms with van der Waals surface area (Å²) in [4.78, 5) is 16.4. The topological polar surface area (TPSA) is 89.6 Å². The molecule has 24 heavy (non-hydrogen) atoms. The first-order valence-corrected chi connectivity index (χ1v) is 8.69. The van der Waals surface area contributed by atoms with Crippen LogP contribution < -0.4 is 26.8 Å². The van der Waals surface area contributed by atoms with Gasteiger partial charge in [0.25, 0.3) is 5.91 Å². The number of guanidine groups is 1. The summed E-state index contributed by atoms with van der Waals surface area (Å²) < 4.78 is 38.1. The monoisotopic (exact) mass is 368 g/mol. The van der Waals surface area contributed by atoms with Crippen LogP contribution in [0, 0.1) is 0 Å². The van der Waals surface area contributed by atoms with Crippen LogP contribution in [-0.2, 0) is 4.79 Å². The SMILES string of the molecule is CC(C)(C)N/C(=N\C1CC(C(F)(F)F)NN1)NC(=O)C1NCCS1. The molecular weight excluding hydrogens is 345 g/mol. The van der Waals surface area contributed by atoms with Crippen LogP contribution in [0.25, 0.3) is 0 Å². The fraction of sp³-hybridized carbons (Fsp3) is 0.846. The van der Waals surface area contributed by atoms with Crippen LogP contribution in [0.15, 0.2) is 4.99 Å². The molecule has 1 amide bonds. The van der Waals surface area contributed by atoms with Crippen molar-refractivity contribution in [3.63, 3.8) is 0 Å². The molecule has 0 bridgehead atoms. The summed E-state index contributed by atoms with van der Waals surface area (Å²) in [5.41, 5.74) is 4.28. The molecule has 0 radical (unpaired) electrons. The molecule has 3 unspecified atom stereocenters. The van der Waals surface area contributed by atoms with Gasteiger partial charge >= 0.3 is 6.18 Å². The Labute approximate surface area is 143 Å². The third kappa shape index (κ3) is 5.80. The van der Waals surface area contributed by atoms with Gasteiger partial charge in [0, 0.05) is 24.3 Å². The van der Waals surface area contributed by atoms with Gasteiger partial charge in [0.05, 0.1) is 0 Å². The molecule has 2 heterocycles. The second-order valence-corrected chi connectivity index (χ2v) is 7.89. The van der Waals surface area contributed by atoms with Crippen LogP contribution in [0.1, 0.15) is 27.2 Å². The van der Waals surface area contributed by atoms with E-state index in [1.165, 1.54) is 11.8 Å². The number of hydrogen-bond acceptors (Lipinski definition) is 6. The predicted octanol–water partition coefficient (Wildman–Crippen LogP) is 0.264. The highest BCUT2D eigenvalue weighted by Gasteiger charge is 2.44. The Morgan fingerprint density at radius 1 is 1.25 bits per heavy atom. The summed E-state index contributed by atoms with van der Waals surface area (Å²) in [7, 11) is 0. The Balaban J connectivity index is 2.04. The van der Waals surface area contributed by atoms with Crippen LogP contribution in [0.4, 0.5) is 13.2 Å². The van der Waals surface area contributed by atoms with Gasteiger partial charge in [-0.15, -0.1) is 11.8 Å². The Morgan fingerprint density at radius 3 is 2.46 bits per heavy atom. The third-order valence-electron chi connectivity index (χ3n) is 3.25. The molecule has 3 atom stereocenters. The van der Waals surface area contributed by atoms with Crippen molar-refractivity contribution in [3.8, 4) is 0 Å². The van der Waals surface area contributed by atoms with Crippen LogP contribution >= 0.6 is 11.8 Å². The normalized spacial score (nSPS) is 28.9. The zero-order chi connectivity index (χ0) is 18.0. The molecule has 2 rings (SSSR count). The van der Waals surface area contributed by atoms with Gasteiger partial charge in [0.2, 0.25) is 0 Å². The molecule has 7 nitrogen and oxygen atoms in total. The van der Waals surface area contributed by atoms with E-state index in [0.29, 0.717) is 0 Å². The first kappa shape index (κ1) is 19.3. The maximum Gasteiger partial charge on any atom is 0.405 e. The molecule has 0 saturated carbocycles. The van der Waals surface area contributed by atoms with Crippen molar-refractivity contribution in [3.05, 3.63) is 0 Å². The summed E-state index contributed by atoms with van der Waals surface area (Å²) in [5, 5.41) is 8.34. The number of nitrogens with zero attached hydrogens (tertiary/aromatic N) is 1. The van der Waals surface area contributed by atoms with Gasteiger partial charge in [-0.25, -0.2) is 15.8 Å². The van der Waals surface area contributed by atoms with Gasteiger partial charge in [0.1, 0.15) is 17.6 Å². The molecule has 2 saturated heterocycles. The van der Waals surface area contributed by atoms with Crippen molar-refractivity contribution in [2.75, 3.05) is 12.3 Å². The number of hydrazine groups is 1. The van der Waals surface area contributed by atoms with E-state index in [1.807, 2.05) is 20.8 Å². The number of aliphatic imine (C=N–C) groups is 1. The summed E-state index contributed by atoms with van der Waals surface area (Å²) in [6, 6.07) is -1.66. The van der Waals surface area contributed by atoms with Gasteiger partial charge in [0.15, 0.2) is 5.96 Å². The average Bonchev–Trinajstić information content (AvgIpc) is 3.06. The highest BCUT2D eigenvalue weighted by atomic mass is 32.2. The molecule has 0 aromatic heterocycles. The molecule has 11 heteroatoms.